The Morgan fingerprint density at radius 3 is 2.36 bits per heavy atom. The van der Waals surface area contributed by atoms with Gasteiger partial charge in [-0.1, -0.05) is 0 Å². The van der Waals surface area contributed by atoms with Crippen LogP contribution in [0.1, 0.15) is 25.7 Å². The number of halogens is 1. The van der Waals surface area contributed by atoms with E-state index in [1.54, 1.807) is 23.7 Å². The lowest BCUT2D eigenvalue weighted by atomic mass is 9.97. The summed E-state index contributed by atoms with van der Waals surface area (Å²) in [6, 6.07) is 0. The summed E-state index contributed by atoms with van der Waals surface area (Å²) < 4.78 is 26.8. The van der Waals surface area contributed by atoms with Crippen LogP contribution in [-0.2, 0) is 10.0 Å². The Bertz CT molecular complexity index is 610. The molecule has 6 nitrogen and oxygen atoms in total. The van der Waals surface area contributed by atoms with E-state index < -0.39 is 10.0 Å². The monoisotopic (exact) mass is 388 g/mol. The number of hydrogen-bond donors (Lipinski definition) is 0. The predicted molar refractivity (Wildman–Crippen MR) is 89.2 cm³/mol. The molecular formula is C14H21BrN4O2S. The van der Waals surface area contributed by atoms with Crippen molar-refractivity contribution < 1.29 is 8.42 Å². The van der Waals surface area contributed by atoms with Crippen molar-refractivity contribution in [2.75, 3.05) is 31.6 Å². The van der Waals surface area contributed by atoms with Crippen LogP contribution in [0.25, 0.3) is 0 Å². The molecule has 1 saturated heterocycles. The van der Waals surface area contributed by atoms with Crippen LogP contribution in [0.5, 0.6) is 0 Å². The summed E-state index contributed by atoms with van der Waals surface area (Å²) in [5, 5.41) is -0.117. The lowest BCUT2D eigenvalue weighted by Crippen LogP contribution is -2.40. The van der Waals surface area contributed by atoms with Gasteiger partial charge in [0.15, 0.2) is 0 Å². The molecule has 0 N–H and O–H groups in total. The van der Waals surface area contributed by atoms with Crippen LogP contribution in [0.3, 0.4) is 0 Å². The molecule has 2 aliphatic rings. The highest BCUT2D eigenvalue weighted by Crippen LogP contribution is 2.31. The van der Waals surface area contributed by atoms with E-state index in [0.717, 1.165) is 49.2 Å². The second-order valence-corrected chi connectivity index (χ2v) is 9.39. The zero-order chi connectivity index (χ0) is 15.7. The normalized spacial score (nSPS) is 20.6. The van der Waals surface area contributed by atoms with Gasteiger partial charge in [0.25, 0.3) is 0 Å². The van der Waals surface area contributed by atoms with Crippen LogP contribution in [0.4, 0.5) is 5.95 Å². The molecule has 0 bridgehead atoms. The summed E-state index contributed by atoms with van der Waals surface area (Å²) in [5.74, 6) is 1.17. The van der Waals surface area contributed by atoms with Crippen LogP contribution in [0.2, 0.25) is 0 Å². The molecule has 0 radical (unpaired) electrons. The first kappa shape index (κ1) is 16.1. The summed E-state index contributed by atoms with van der Waals surface area (Å²) in [6.07, 6.45) is 7.11. The van der Waals surface area contributed by atoms with Gasteiger partial charge in [-0.3, -0.25) is 0 Å². The van der Waals surface area contributed by atoms with Crippen LogP contribution in [-0.4, -0.2) is 54.6 Å². The fraction of sp³-hybridized carbons (Fsp3) is 0.714. The van der Waals surface area contributed by atoms with Crippen molar-refractivity contribution in [2.45, 2.75) is 30.9 Å². The topological polar surface area (TPSA) is 66.4 Å². The SMILES string of the molecule is CN(CC1CCN(c2ncc(Br)cn2)CC1)S(=O)(=O)C1CC1. The summed E-state index contributed by atoms with van der Waals surface area (Å²) in [4.78, 5) is 10.8. The third-order valence-corrected chi connectivity index (χ3v) is 7.14. The highest BCUT2D eigenvalue weighted by molar-refractivity contribution is 9.10. The van der Waals surface area contributed by atoms with Gasteiger partial charge in [0, 0.05) is 39.1 Å². The molecule has 22 heavy (non-hydrogen) atoms. The smallest absolute Gasteiger partial charge is 0.225 e. The van der Waals surface area contributed by atoms with E-state index in [9.17, 15) is 8.42 Å². The first-order valence-electron chi connectivity index (χ1n) is 7.64. The molecule has 0 atom stereocenters. The average molecular weight is 389 g/mol. The minimum absolute atomic E-state index is 0.117. The second kappa shape index (κ2) is 6.41. The summed E-state index contributed by atoms with van der Waals surface area (Å²) in [5.41, 5.74) is 0. The fourth-order valence-corrected chi connectivity index (χ4v) is 4.74. The Morgan fingerprint density at radius 2 is 1.82 bits per heavy atom. The lowest BCUT2D eigenvalue weighted by Gasteiger charge is -2.33. The van der Waals surface area contributed by atoms with Crippen LogP contribution < -0.4 is 4.90 Å². The van der Waals surface area contributed by atoms with Crippen LogP contribution in [0.15, 0.2) is 16.9 Å². The van der Waals surface area contributed by atoms with Gasteiger partial charge >= 0.3 is 0 Å². The number of aromatic nitrogens is 2. The molecule has 1 saturated carbocycles. The molecule has 0 aromatic carbocycles. The molecule has 0 amide bonds. The Labute approximate surface area is 140 Å². The van der Waals surface area contributed by atoms with E-state index in [1.165, 1.54) is 0 Å². The largest absolute Gasteiger partial charge is 0.341 e. The second-order valence-electron chi connectivity index (χ2n) is 6.16. The van der Waals surface area contributed by atoms with Crippen molar-refractivity contribution in [3.05, 3.63) is 16.9 Å². The van der Waals surface area contributed by atoms with Crippen LogP contribution in [0, 0.1) is 5.92 Å². The molecule has 122 valence electrons. The van der Waals surface area contributed by atoms with Crippen molar-refractivity contribution in [3.8, 4) is 0 Å². The maximum atomic E-state index is 12.2. The number of sulfonamides is 1. The van der Waals surface area contributed by atoms with E-state index in [4.69, 9.17) is 0 Å². The van der Waals surface area contributed by atoms with Gasteiger partial charge in [-0.15, -0.1) is 0 Å². The molecule has 0 unspecified atom stereocenters. The van der Waals surface area contributed by atoms with Gasteiger partial charge in [0.1, 0.15) is 0 Å². The van der Waals surface area contributed by atoms with Crippen molar-refractivity contribution >= 4 is 31.9 Å². The number of rotatable bonds is 5. The Kier molecular flexibility index (Phi) is 4.70. The molecule has 1 aliphatic heterocycles. The third kappa shape index (κ3) is 3.60. The minimum atomic E-state index is -3.05. The lowest BCUT2D eigenvalue weighted by molar-refractivity contribution is 0.326. The summed E-state index contributed by atoms with van der Waals surface area (Å²) >= 11 is 3.34. The maximum absolute atomic E-state index is 12.2. The molecule has 1 aromatic rings. The van der Waals surface area contributed by atoms with E-state index in [1.807, 2.05) is 0 Å². The minimum Gasteiger partial charge on any atom is -0.341 e. The van der Waals surface area contributed by atoms with E-state index >= 15 is 0 Å². The molecule has 2 fully saturated rings. The first-order valence-corrected chi connectivity index (χ1v) is 9.94. The summed E-state index contributed by atoms with van der Waals surface area (Å²) in [6.45, 7) is 2.39. The van der Waals surface area contributed by atoms with Crippen molar-refractivity contribution in [1.82, 2.24) is 14.3 Å². The molecular weight excluding hydrogens is 368 g/mol. The van der Waals surface area contributed by atoms with Crippen LogP contribution >= 0.6 is 15.9 Å². The highest BCUT2D eigenvalue weighted by Gasteiger charge is 2.39. The van der Waals surface area contributed by atoms with Gasteiger partial charge in [-0.2, -0.15) is 0 Å². The standard InChI is InChI=1S/C14H21BrN4O2S/c1-18(22(20,21)13-2-3-13)10-11-4-6-19(7-5-11)14-16-8-12(15)9-17-14/h8-9,11,13H,2-7,10H2,1H3. The zero-order valence-corrected chi connectivity index (χ0v) is 15.1. The molecule has 3 rings (SSSR count). The Hall–Kier alpha value is -0.730. The van der Waals surface area contributed by atoms with Crippen molar-refractivity contribution in [3.63, 3.8) is 0 Å². The summed E-state index contributed by atoms with van der Waals surface area (Å²) in [7, 11) is -1.33. The van der Waals surface area contributed by atoms with Gasteiger partial charge in [-0.25, -0.2) is 22.7 Å². The highest BCUT2D eigenvalue weighted by atomic mass is 79.9. The van der Waals surface area contributed by atoms with Gasteiger partial charge in [0.05, 0.1) is 9.72 Å². The van der Waals surface area contributed by atoms with E-state index in [2.05, 4.69) is 30.8 Å². The van der Waals surface area contributed by atoms with Gasteiger partial charge in [-0.05, 0) is 47.5 Å². The fourth-order valence-electron chi connectivity index (χ4n) is 2.87. The van der Waals surface area contributed by atoms with Crippen molar-refractivity contribution in [1.29, 1.82) is 0 Å². The molecule has 1 aromatic heterocycles. The molecule has 2 heterocycles. The molecule has 0 spiro atoms. The Morgan fingerprint density at radius 1 is 1.23 bits per heavy atom. The molecule has 1 aliphatic carbocycles. The Balaban J connectivity index is 1.52. The van der Waals surface area contributed by atoms with Gasteiger partial charge < -0.3 is 4.90 Å². The average Bonchev–Trinajstić information content (AvgIpc) is 3.34. The van der Waals surface area contributed by atoms with Crippen molar-refractivity contribution in [2.24, 2.45) is 5.92 Å². The van der Waals surface area contributed by atoms with E-state index in [0.29, 0.717) is 12.5 Å². The maximum Gasteiger partial charge on any atom is 0.225 e. The predicted octanol–water partition coefficient (Wildman–Crippen LogP) is 1.88. The van der Waals surface area contributed by atoms with E-state index in [-0.39, 0.29) is 5.25 Å². The number of hydrogen-bond acceptors (Lipinski definition) is 5. The zero-order valence-electron chi connectivity index (χ0n) is 12.7. The number of nitrogens with zero attached hydrogens (tertiary/aromatic N) is 4. The first-order chi connectivity index (χ1) is 10.5. The quantitative estimate of drug-likeness (QED) is 0.770. The number of piperidine rings is 1. The third-order valence-electron chi connectivity index (χ3n) is 4.40. The number of anilines is 1. The van der Waals surface area contributed by atoms with Gasteiger partial charge in [0.2, 0.25) is 16.0 Å². The molecule has 8 heteroatoms.